The van der Waals surface area contributed by atoms with Crippen molar-refractivity contribution in [1.29, 1.82) is 0 Å². The molecule has 2 aromatic carbocycles. The summed E-state index contributed by atoms with van der Waals surface area (Å²) in [5.41, 5.74) is 7.02. The number of amides is 1. The number of aromatic nitrogens is 1. The van der Waals surface area contributed by atoms with Gasteiger partial charge in [0.2, 0.25) is 0 Å². The molecule has 0 saturated carbocycles. The zero-order chi connectivity index (χ0) is 33.9. The number of piperidine rings is 2. The maximum Gasteiger partial charge on any atom is 0.410 e. The smallest absolute Gasteiger partial charge is 0.410 e. The van der Waals surface area contributed by atoms with Crippen LogP contribution in [0.1, 0.15) is 74.6 Å². The van der Waals surface area contributed by atoms with Crippen molar-refractivity contribution < 1.29 is 19.4 Å². The third kappa shape index (κ3) is 8.07. The zero-order valence-electron chi connectivity index (χ0n) is 29.6. The van der Waals surface area contributed by atoms with Crippen molar-refractivity contribution in [3.63, 3.8) is 0 Å². The summed E-state index contributed by atoms with van der Waals surface area (Å²) >= 11 is 1.79. The lowest BCUT2D eigenvalue weighted by atomic mass is 9.72. The minimum Gasteiger partial charge on any atom is -0.493 e. The number of ether oxygens (including phenoxy) is 2. The quantitative estimate of drug-likeness (QED) is 0.238. The Morgan fingerprint density at radius 2 is 1.67 bits per heavy atom. The van der Waals surface area contributed by atoms with Gasteiger partial charge in [0.15, 0.2) is 0 Å². The Kier molecular flexibility index (Phi) is 10.8. The molecule has 1 N–H and O–H groups in total. The van der Waals surface area contributed by atoms with Gasteiger partial charge in [0, 0.05) is 56.1 Å². The first kappa shape index (κ1) is 34.9. The number of carbonyl (C=O) groups is 1. The van der Waals surface area contributed by atoms with Crippen LogP contribution < -0.4 is 4.74 Å². The molecule has 0 bridgehead atoms. The number of carbonyl (C=O) groups excluding carboxylic acids is 1. The average Bonchev–Trinajstić information content (AvgIpc) is 3.48. The van der Waals surface area contributed by atoms with Gasteiger partial charge in [0.25, 0.3) is 0 Å². The van der Waals surface area contributed by atoms with Crippen LogP contribution >= 0.6 is 11.3 Å². The minimum absolute atomic E-state index is 0.159. The molecule has 1 amide bonds. The molecule has 9 heteroatoms. The lowest BCUT2D eigenvalue weighted by Gasteiger charge is -2.47. The fraction of sp³-hybridized carbons (Fsp3) is 0.590. The molecule has 48 heavy (non-hydrogen) atoms. The maximum absolute atomic E-state index is 12.7. The van der Waals surface area contributed by atoms with E-state index < -0.39 is 5.60 Å². The molecule has 2 saturated heterocycles. The first-order valence-electron chi connectivity index (χ1n) is 17.9. The Bertz CT molecular complexity index is 1570. The molecule has 8 nitrogen and oxygen atoms in total. The predicted octanol–water partition coefficient (Wildman–Crippen LogP) is 7.33. The number of rotatable bonds is 9. The van der Waals surface area contributed by atoms with Crippen molar-refractivity contribution in [2.24, 2.45) is 5.41 Å². The summed E-state index contributed by atoms with van der Waals surface area (Å²) in [5, 5.41) is 10.5. The first-order chi connectivity index (χ1) is 23.0. The van der Waals surface area contributed by atoms with Gasteiger partial charge < -0.3 is 24.4 Å². The number of thiazole rings is 1. The van der Waals surface area contributed by atoms with Crippen LogP contribution in [-0.4, -0.2) is 95.5 Å². The molecule has 6 rings (SSSR count). The van der Waals surface area contributed by atoms with Crippen LogP contribution in [0.5, 0.6) is 5.75 Å². The summed E-state index contributed by atoms with van der Waals surface area (Å²) in [7, 11) is 0. The van der Waals surface area contributed by atoms with Crippen LogP contribution in [-0.2, 0) is 17.7 Å². The van der Waals surface area contributed by atoms with Gasteiger partial charge in [-0.3, -0.25) is 4.90 Å². The van der Waals surface area contributed by atoms with E-state index in [4.69, 9.17) is 14.5 Å². The van der Waals surface area contributed by atoms with Gasteiger partial charge >= 0.3 is 6.09 Å². The highest BCUT2D eigenvalue weighted by atomic mass is 32.1. The SMILES string of the molecule is Cc1c(OCCCN2CCC3(CCCN(C(=O)OC(C)(C)C)C3)CC2)cccc1-c1cccc(-c2nc3c(s2)CN(CCO)CC3)c1C. The van der Waals surface area contributed by atoms with Gasteiger partial charge in [-0.1, -0.05) is 30.3 Å². The van der Waals surface area contributed by atoms with E-state index >= 15 is 0 Å². The number of hydrogen-bond donors (Lipinski definition) is 1. The molecule has 3 aliphatic rings. The highest BCUT2D eigenvalue weighted by Gasteiger charge is 2.40. The highest BCUT2D eigenvalue weighted by molar-refractivity contribution is 7.15. The van der Waals surface area contributed by atoms with Crippen molar-refractivity contribution in [2.45, 2.75) is 85.3 Å². The molecular weight excluding hydrogens is 621 g/mol. The van der Waals surface area contributed by atoms with E-state index in [1.54, 1.807) is 11.3 Å². The van der Waals surface area contributed by atoms with Crippen LogP contribution in [0.2, 0.25) is 0 Å². The first-order valence-corrected chi connectivity index (χ1v) is 18.7. The molecule has 0 unspecified atom stereocenters. The maximum atomic E-state index is 12.7. The van der Waals surface area contributed by atoms with Crippen molar-refractivity contribution >= 4 is 17.4 Å². The van der Waals surface area contributed by atoms with Gasteiger partial charge in [0.05, 0.1) is 18.9 Å². The monoisotopic (exact) mass is 674 g/mol. The highest BCUT2D eigenvalue weighted by Crippen LogP contribution is 2.41. The van der Waals surface area contributed by atoms with E-state index in [-0.39, 0.29) is 18.1 Å². The Morgan fingerprint density at radius 3 is 2.42 bits per heavy atom. The minimum atomic E-state index is -0.454. The molecule has 0 radical (unpaired) electrons. The van der Waals surface area contributed by atoms with E-state index in [0.717, 1.165) is 95.2 Å². The topological polar surface area (TPSA) is 78.4 Å². The van der Waals surface area contributed by atoms with Crippen molar-refractivity contribution in [1.82, 2.24) is 19.7 Å². The summed E-state index contributed by atoms with van der Waals surface area (Å²) in [6.07, 6.45) is 6.31. The van der Waals surface area contributed by atoms with Crippen molar-refractivity contribution in [3.05, 3.63) is 58.1 Å². The van der Waals surface area contributed by atoms with Gasteiger partial charge in [-0.2, -0.15) is 0 Å². The second kappa shape index (κ2) is 14.9. The molecule has 4 heterocycles. The van der Waals surface area contributed by atoms with Crippen LogP contribution in [0.25, 0.3) is 21.7 Å². The van der Waals surface area contributed by atoms with Crippen LogP contribution in [0, 0.1) is 19.3 Å². The Hall–Kier alpha value is -2.98. The molecule has 260 valence electrons. The lowest BCUT2D eigenvalue weighted by Crippen LogP contribution is -2.52. The lowest BCUT2D eigenvalue weighted by molar-refractivity contribution is -0.0117. The third-order valence-corrected chi connectivity index (χ3v) is 11.6. The van der Waals surface area contributed by atoms with Gasteiger partial charge in [-0.25, -0.2) is 9.78 Å². The Labute approximate surface area is 291 Å². The molecule has 2 fully saturated rings. The van der Waals surface area contributed by atoms with E-state index in [9.17, 15) is 9.90 Å². The summed E-state index contributed by atoms with van der Waals surface area (Å²) in [4.78, 5) is 26.0. The number of β-amino-alcohol motifs (C(OH)–C–C–N with tert-alkyl or cyclic N) is 1. The van der Waals surface area contributed by atoms with Gasteiger partial charge in [-0.05, 0) is 114 Å². The number of aliphatic hydroxyl groups is 1. The molecule has 1 spiro atoms. The molecular formula is C39H54N4O4S. The fourth-order valence-corrected chi connectivity index (χ4v) is 8.97. The van der Waals surface area contributed by atoms with Gasteiger partial charge in [0.1, 0.15) is 16.4 Å². The fourth-order valence-electron chi connectivity index (χ4n) is 7.74. The zero-order valence-corrected chi connectivity index (χ0v) is 30.5. The summed E-state index contributed by atoms with van der Waals surface area (Å²) in [6, 6.07) is 13.0. The van der Waals surface area contributed by atoms with E-state index in [1.165, 1.54) is 44.8 Å². The average molecular weight is 675 g/mol. The summed E-state index contributed by atoms with van der Waals surface area (Å²) in [5.74, 6) is 0.952. The van der Waals surface area contributed by atoms with Crippen LogP contribution in [0.4, 0.5) is 4.79 Å². The third-order valence-electron chi connectivity index (χ3n) is 10.5. The second-order valence-electron chi connectivity index (χ2n) is 15.1. The van der Waals surface area contributed by atoms with Crippen LogP contribution in [0.15, 0.2) is 36.4 Å². The largest absolute Gasteiger partial charge is 0.493 e. The number of nitrogens with zero attached hydrogens (tertiary/aromatic N) is 4. The second-order valence-corrected chi connectivity index (χ2v) is 16.2. The number of benzene rings is 2. The number of likely N-dealkylation sites (tertiary alicyclic amines) is 2. The predicted molar refractivity (Wildman–Crippen MR) is 194 cm³/mol. The van der Waals surface area contributed by atoms with E-state index in [2.05, 4.69) is 60.0 Å². The summed E-state index contributed by atoms with van der Waals surface area (Å²) in [6.45, 7) is 18.5. The molecule has 1 aromatic heterocycles. The Balaban J connectivity index is 1.02. The van der Waals surface area contributed by atoms with E-state index in [0.29, 0.717) is 6.61 Å². The number of aliphatic hydroxyl groups excluding tert-OH is 1. The molecule has 3 aliphatic heterocycles. The molecule has 0 aliphatic carbocycles. The molecule has 3 aromatic rings. The van der Waals surface area contributed by atoms with Gasteiger partial charge in [-0.15, -0.1) is 11.3 Å². The Morgan fingerprint density at radius 1 is 0.938 bits per heavy atom. The summed E-state index contributed by atoms with van der Waals surface area (Å²) < 4.78 is 12.1. The van der Waals surface area contributed by atoms with Crippen molar-refractivity contribution in [3.8, 4) is 27.4 Å². The van der Waals surface area contributed by atoms with E-state index in [1.807, 2.05) is 25.7 Å². The normalized spacial score (nSPS) is 18.6. The number of fused-ring (bicyclic) bond motifs is 1. The van der Waals surface area contributed by atoms with Crippen molar-refractivity contribution in [2.75, 3.05) is 59.0 Å². The number of hydrogen-bond acceptors (Lipinski definition) is 8. The standard InChI is InChI=1S/C39H54N4O4S/c1-28-30(10-6-12-32(28)36-40-33-14-20-42(23-24-44)26-35(33)48-36)31-11-7-13-34(29(31)2)46-25-9-18-41-21-16-39(17-22-41)15-8-19-43(27-39)37(45)47-38(3,4)5/h6-7,10-13,44H,8-9,14-27H2,1-5H3. The molecule has 0 atom stereocenters. The van der Waals surface area contributed by atoms with Crippen LogP contribution in [0.3, 0.4) is 0 Å².